The van der Waals surface area contributed by atoms with Crippen molar-refractivity contribution in [3.63, 3.8) is 0 Å². The molecule has 2 aromatic rings. The standard InChI is InChI=1S/C17H18N2O2S/c1-18-17(21)19-16(20)15(14-10-6-3-7-11-14)22-12-13-8-4-2-5-9-13/h2-11,15H,12H2,1H3,(H2,18,19,20,21)/t15-/m0/s1. The van der Waals surface area contributed by atoms with Crippen LogP contribution in [-0.2, 0) is 10.5 Å². The second-order valence-corrected chi connectivity index (χ2v) is 5.75. The van der Waals surface area contributed by atoms with E-state index in [9.17, 15) is 9.59 Å². The molecule has 0 aromatic heterocycles. The fourth-order valence-corrected chi connectivity index (χ4v) is 3.06. The summed E-state index contributed by atoms with van der Waals surface area (Å²) in [5.74, 6) is 0.383. The van der Waals surface area contributed by atoms with Crippen molar-refractivity contribution < 1.29 is 9.59 Å². The average Bonchev–Trinajstić information content (AvgIpc) is 2.57. The first-order chi connectivity index (χ1) is 10.7. The van der Waals surface area contributed by atoms with Crippen LogP contribution >= 0.6 is 11.8 Å². The Labute approximate surface area is 134 Å². The minimum Gasteiger partial charge on any atom is -0.341 e. The molecular weight excluding hydrogens is 296 g/mol. The summed E-state index contributed by atoms with van der Waals surface area (Å²) in [5.41, 5.74) is 2.02. The minimum atomic E-state index is -0.494. The summed E-state index contributed by atoms with van der Waals surface area (Å²) in [6.45, 7) is 0. The van der Waals surface area contributed by atoms with E-state index < -0.39 is 11.3 Å². The van der Waals surface area contributed by atoms with E-state index in [1.165, 1.54) is 18.8 Å². The van der Waals surface area contributed by atoms with Crippen LogP contribution in [0.3, 0.4) is 0 Å². The predicted molar refractivity (Wildman–Crippen MR) is 89.5 cm³/mol. The third-order valence-corrected chi connectivity index (χ3v) is 4.38. The highest BCUT2D eigenvalue weighted by Gasteiger charge is 2.22. The summed E-state index contributed by atoms with van der Waals surface area (Å²) in [6, 6.07) is 18.9. The van der Waals surface area contributed by atoms with Gasteiger partial charge >= 0.3 is 6.03 Å². The van der Waals surface area contributed by atoms with Crippen molar-refractivity contribution in [2.75, 3.05) is 7.05 Å². The maximum atomic E-state index is 12.3. The number of nitrogens with one attached hydrogen (secondary N) is 2. The highest BCUT2D eigenvalue weighted by atomic mass is 32.2. The Hall–Kier alpha value is -2.27. The van der Waals surface area contributed by atoms with Gasteiger partial charge in [-0.15, -0.1) is 11.8 Å². The molecule has 5 heteroatoms. The van der Waals surface area contributed by atoms with Gasteiger partial charge in [0, 0.05) is 12.8 Å². The molecule has 0 unspecified atom stereocenters. The summed E-state index contributed by atoms with van der Waals surface area (Å²) < 4.78 is 0. The van der Waals surface area contributed by atoms with Crippen molar-refractivity contribution in [2.45, 2.75) is 11.0 Å². The van der Waals surface area contributed by atoms with Crippen LogP contribution < -0.4 is 10.6 Å². The molecule has 0 heterocycles. The van der Waals surface area contributed by atoms with Gasteiger partial charge in [0.1, 0.15) is 5.25 Å². The quantitative estimate of drug-likeness (QED) is 0.891. The van der Waals surface area contributed by atoms with E-state index in [2.05, 4.69) is 10.6 Å². The highest BCUT2D eigenvalue weighted by molar-refractivity contribution is 7.99. The zero-order chi connectivity index (χ0) is 15.8. The molecule has 3 amide bonds. The van der Waals surface area contributed by atoms with Crippen molar-refractivity contribution in [3.8, 4) is 0 Å². The first-order valence-electron chi connectivity index (χ1n) is 6.93. The second-order valence-electron chi connectivity index (χ2n) is 4.66. The number of imide groups is 1. The number of hydrogen-bond acceptors (Lipinski definition) is 3. The van der Waals surface area contributed by atoms with Crippen molar-refractivity contribution in [1.82, 2.24) is 10.6 Å². The van der Waals surface area contributed by atoms with Crippen molar-refractivity contribution >= 4 is 23.7 Å². The predicted octanol–water partition coefficient (Wildman–Crippen LogP) is 3.12. The number of thioether (sulfide) groups is 1. The van der Waals surface area contributed by atoms with Gasteiger partial charge in [-0.3, -0.25) is 10.1 Å². The molecule has 1 atom stereocenters. The van der Waals surface area contributed by atoms with Gasteiger partial charge in [0.2, 0.25) is 5.91 Å². The molecule has 0 saturated carbocycles. The Kier molecular flexibility index (Phi) is 6.03. The summed E-state index contributed by atoms with van der Waals surface area (Å²) in [5, 5.41) is 4.32. The lowest BCUT2D eigenvalue weighted by molar-refractivity contribution is -0.119. The second kappa shape index (κ2) is 8.24. The molecule has 4 nitrogen and oxygen atoms in total. The van der Waals surface area contributed by atoms with E-state index in [0.717, 1.165) is 11.1 Å². The molecule has 2 rings (SSSR count). The number of carbonyl (C=O) groups excluding carboxylic acids is 2. The van der Waals surface area contributed by atoms with E-state index in [4.69, 9.17) is 0 Å². The van der Waals surface area contributed by atoms with Crippen LogP contribution in [-0.4, -0.2) is 19.0 Å². The molecule has 22 heavy (non-hydrogen) atoms. The molecule has 0 bridgehead atoms. The summed E-state index contributed by atoms with van der Waals surface area (Å²) >= 11 is 1.50. The van der Waals surface area contributed by atoms with Gasteiger partial charge in [-0.05, 0) is 11.1 Å². The molecule has 0 aliphatic carbocycles. The van der Waals surface area contributed by atoms with Crippen LogP contribution in [0.1, 0.15) is 16.4 Å². The van der Waals surface area contributed by atoms with Crippen molar-refractivity contribution in [3.05, 3.63) is 71.8 Å². The Morgan fingerprint density at radius 1 is 1.00 bits per heavy atom. The molecule has 0 fully saturated rings. The van der Waals surface area contributed by atoms with E-state index in [1.54, 1.807) is 0 Å². The molecule has 0 aliphatic heterocycles. The Balaban J connectivity index is 2.11. The van der Waals surface area contributed by atoms with Gasteiger partial charge in [-0.2, -0.15) is 0 Å². The number of carbonyl (C=O) groups is 2. The highest BCUT2D eigenvalue weighted by Crippen LogP contribution is 2.31. The lowest BCUT2D eigenvalue weighted by atomic mass is 10.1. The third kappa shape index (κ3) is 4.63. The monoisotopic (exact) mass is 314 g/mol. The van der Waals surface area contributed by atoms with Crippen LogP contribution in [0.15, 0.2) is 60.7 Å². The fraction of sp³-hybridized carbons (Fsp3) is 0.176. The fourth-order valence-electron chi connectivity index (χ4n) is 1.94. The van der Waals surface area contributed by atoms with Crippen LogP contribution in [0.4, 0.5) is 4.79 Å². The third-order valence-electron chi connectivity index (χ3n) is 3.06. The largest absolute Gasteiger partial charge is 0.341 e. The number of urea groups is 1. The summed E-state index contributed by atoms with van der Waals surface area (Å²) in [6.07, 6.45) is 0. The van der Waals surface area contributed by atoms with Gasteiger partial charge in [0.05, 0.1) is 0 Å². The number of hydrogen-bond donors (Lipinski definition) is 2. The SMILES string of the molecule is CNC(=O)NC(=O)[C@@H](SCc1ccccc1)c1ccccc1. The van der Waals surface area contributed by atoms with Crippen LogP contribution in [0.2, 0.25) is 0 Å². The van der Waals surface area contributed by atoms with Gasteiger partial charge in [0.15, 0.2) is 0 Å². The molecule has 0 aliphatic rings. The smallest absolute Gasteiger partial charge is 0.321 e. The van der Waals surface area contributed by atoms with E-state index in [1.807, 2.05) is 60.7 Å². The molecule has 0 spiro atoms. The summed E-state index contributed by atoms with van der Waals surface area (Å²) in [7, 11) is 1.48. The van der Waals surface area contributed by atoms with Gasteiger partial charge in [0.25, 0.3) is 0 Å². The van der Waals surface area contributed by atoms with Crippen molar-refractivity contribution in [2.24, 2.45) is 0 Å². The molecule has 2 aromatic carbocycles. The molecule has 0 saturated heterocycles. The number of benzene rings is 2. The van der Waals surface area contributed by atoms with Crippen LogP contribution in [0.25, 0.3) is 0 Å². The van der Waals surface area contributed by atoms with Gasteiger partial charge in [-0.25, -0.2) is 4.79 Å². The molecule has 114 valence electrons. The lowest BCUT2D eigenvalue weighted by Gasteiger charge is -2.16. The maximum Gasteiger partial charge on any atom is 0.321 e. The first kappa shape index (κ1) is 16.1. The van der Waals surface area contributed by atoms with Crippen LogP contribution in [0, 0.1) is 0 Å². The molecule has 0 radical (unpaired) electrons. The van der Waals surface area contributed by atoms with E-state index in [-0.39, 0.29) is 5.91 Å². The first-order valence-corrected chi connectivity index (χ1v) is 7.98. The Morgan fingerprint density at radius 2 is 1.59 bits per heavy atom. The minimum absolute atomic E-state index is 0.313. The zero-order valence-corrected chi connectivity index (χ0v) is 13.1. The molecular formula is C17H18N2O2S. The topological polar surface area (TPSA) is 58.2 Å². The van der Waals surface area contributed by atoms with Crippen LogP contribution in [0.5, 0.6) is 0 Å². The van der Waals surface area contributed by atoms with Gasteiger partial charge < -0.3 is 5.32 Å². The average molecular weight is 314 g/mol. The maximum absolute atomic E-state index is 12.3. The van der Waals surface area contributed by atoms with E-state index >= 15 is 0 Å². The molecule has 2 N–H and O–H groups in total. The number of rotatable bonds is 5. The zero-order valence-electron chi connectivity index (χ0n) is 12.3. The Bertz CT molecular complexity index is 617. The van der Waals surface area contributed by atoms with Crippen molar-refractivity contribution in [1.29, 1.82) is 0 Å². The van der Waals surface area contributed by atoms with Gasteiger partial charge in [-0.1, -0.05) is 60.7 Å². The van der Waals surface area contributed by atoms with E-state index in [0.29, 0.717) is 5.75 Å². The Morgan fingerprint density at radius 3 is 2.18 bits per heavy atom. The normalized spacial score (nSPS) is 11.5. The summed E-state index contributed by atoms with van der Waals surface area (Å²) in [4.78, 5) is 23.7. The number of amides is 3. The lowest BCUT2D eigenvalue weighted by Crippen LogP contribution is -2.39.